The number of unbranched alkanes of at least 4 members (excludes halogenated alkanes) is 20. The van der Waals surface area contributed by atoms with E-state index in [2.05, 4.69) is 26.0 Å². The van der Waals surface area contributed by atoms with Crippen LogP contribution in [0.15, 0.2) is 12.2 Å². The SMILES string of the molecule is CCCCCCC/C=C\CCCCCCCC(=O)OC[C@H](COP(=O)(O)OC1C(O)C(O)C(O)[C@@H](O)C1O)OC(=O)CCCCCCCCCCCCC. The minimum atomic E-state index is -5.11. The zero-order valence-electron chi connectivity index (χ0n) is 33.3. The lowest BCUT2D eigenvalue weighted by Crippen LogP contribution is -2.64. The van der Waals surface area contributed by atoms with Crippen LogP contribution in [0.2, 0.25) is 0 Å². The van der Waals surface area contributed by atoms with Gasteiger partial charge in [0.25, 0.3) is 0 Å². The van der Waals surface area contributed by atoms with Crippen molar-refractivity contribution < 1.29 is 63.1 Å². The molecule has 0 radical (unpaired) electrons. The maximum absolute atomic E-state index is 12.8. The zero-order valence-corrected chi connectivity index (χ0v) is 34.2. The van der Waals surface area contributed by atoms with Gasteiger partial charge in [-0.25, -0.2) is 4.57 Å². The molecule has 6 unspecified atom stereocenters. The number of allylic oxidation sites excluding steroid dienone is 2. The van der Waals surface area contributed by atoms with Crippen LogP contribution < -0.4 is 0 Å². The Balaban J connectivity index is 2.51. The predicted octanol–water partition coefficient (Wildman–Crippen LogP) is 7.11. The van der Waals surface area contributed by atoms with Crippen LogP contribution in [0.3, 0.4) is 0 Å². The molecule has 1 saturated carbocycles. The summed E-state index contributed by atoms with van der Waals surface area (Å²) in [5.41, 5.74) is 0. The van der Waals surface area contributed by atoms with Crippen molar-refractivity contribution in [2.75, 3.05) is 13.2 Å². The molecule has 54 heavy (non-hydrogen) atoms. The second kappa shape index (κ2) is 31.6. The molecule has 0 spiro atoms. The summed E-state index contributed by atoms with van der Waals surface area (Å²) in [5, 5.41) is 50.0. The van der Waals surface area contributed by atoms with Gasteiger partial charge in [-0.3, -0.25) is 18.6 Å². The molecule has 0 aromatic heterocycles. The molecule has 0 bridgehead atoms. The van der Waals surface area contributed by atoms with E-state index < -0.39 is 75.7 Å². The maximum atomic E-state index is 12.8. The number of hydrogen-bond donors (Lipinski definition) is 6. The first-order valence-corrected chi connectivity index (χ1v) is 22.5. The molecule has 8 atom stereocenters. The van der Waals surface area contributed by atoms with Crippen LogP contribution in [-0.2, 0) is 32.7 Å². The van der Waals surface area contributed by atoms with E-state index in [1.54, 1.807) is 0 Å². The van der Waals surface area contributed by atoms with E-state index in [1.807, 2.05) is 0 Å². The molecule has 0 heterocycles. The van der Waals surface area contributed by atoms with Crippen LogP contribution in [0.1, 0.15) is 174 Å². The molecule has 318 valence electrons. The Kier molecular flexibility index (Phi) is 29.7. The first-order chi connectivity index (χ1) is 25.9. The molecule has 1 rings (SSSR count). The fraction of sp³-hybridized carbons (Fsp3) is 0.900. The number of aliphatic hydroxyl groups is 5. The average Bonchev–Trinajstić information content (AvgIpc) is 3.15. The molecule has 0 amide bonds. The molecule has 0 aromatic rings. The van der Waals surface area contributed by atoms with E-state index in [1.165, 1.54) is 70.6 Å². The summed E-state index contributed by atoms with van der Waals surface area (Å²) in [4.78, 5) is 35.5. The topological polar surface area (TPSA) is 210 Å². The molecule has 0 saturated heterocycles. The van der Waals surface area contributed by atoms with Gasteiger partial charge in [0.2, 0.25) is 0 Å². The summed E-state index contributed by atoms with van der Waals surface area (Å²) in [5.74, 6) is -1.11. The fourth-order valence-electron chi connectivity index (χ4n) is 6.40. The summed E-state index contributed by atoms with van der Waals surface area (Å²) in [7, 11) is -5.11. The van der Waals surface area contributed by atoms with Gasteiger partial charge in [0, 0.05) is 12.8 Å². The van der Waals surface area contributed by atoms with Gasteiger partial charge in [0.1, 0.15) is 43.2 Å². The third-order valence-electron chi connectivity index (χ3n) is 9.86. The molecule has 0 aliphatic heterocycles. The highest BCUT2D eigenvalue weighted by Crippen LogP contribution is 2.47. The van der Waals surface area contributed by atoms with Crippen LogP contribution in [0.5, 0.6) is 0 Å². The van der Waals surface area contributed by atoms with E-state index >= 15 is 0 Å². The van der Waals surface area contributed by atoms with Crippen LogP contribution >= 0.6 is 7.82 Å². The van der Waals surface area contributed by atoms with E-state index in [0.717, 1.165) is 64.2 Å². The summed E-state index contributed by atoms with van der Waals surface area (Å²) >= 11 is 0. The van der Waals surface area contributed by atoms with Gasteiger partial charge in [0.05, 0.1) is 6.61 Å². The number of phosphoric acid groups is 1. The molecule has 14 heteroatoms. The van der Waals surface area contributed by atoms with Gasteiger partial charge < -0.3 is 39.9 Å². The highest BCUT2D eigenvalue weighted by Gasteiger charge is 2.51. The number of esters is 2. The normalized spacial score (nSPS) is 23.3. The zero-order chi connectivity index (χ0) is 40.0. The van der Waals surface area contributed by atoms with Gasteiger partial charge in [0.15, 0.2) is 6.10 Å². The Morgan fingerprint density at radius 2 is 0.944 bits per heavy atom. The van der Waals surface area contributed by atoms with Crippen molar-refractivity contribution in [1.82, 2.24) is 0 Å². The van der Waals surface area contributed by atoms with Gasteiger partial charge in [-0.2, -0.15) is 0 Å². The lowest BCUT2D eigenvalue weighted by molar-refractivity contribution is -0.220. The Morgan fingerprint density at radius 1 is 0.556 bits per heavy atom. The Bertz CT molecular complexity index is 1010. The molecule has 1 aliphatic rings. The van der Waals surface area contributed by atoms with Crippen molar-refractivity contribution in [2.45, 2.75) is 217 Å². The summed E-state index contributed by atoms with van der Waals surface area (Å²) in [6.07, 6.45) is 17.1. The number of rotatable bonds is 34. The van der Waals surface area contributed by atoms with Crippen molar-refractivity contribution in [2.24, 2.45) is 0 Å². The Hall–Kier alpha value is -1.41. The number of hydrogen-bond acceptors (Lipinski definition) is 12. The third kappa shape index (κ3) is 24.3. The molecular weight excluding hydrogens is 719 g/mol. The van der Waals surface area contributed by atoms with Crippen LogP contribution in [0, 0.1) is 0 Å². The highest BCUT2D eigenvalue weighted by atomic mass is 31.2. The summed E-state index contributed by atoms with van der Waals surface area (Å²) in [6.45, 7) is 3.25. The Labute approximate surface area is 324 Å². The molecule has 0 aromatic carbocycles. The summed E-state index contributed by atoms with van der Waals surface area (Å²) < 4.78 is 33.4. The van der Waals surface area contributed by atoms with Crippen molar-refractivity contribution in [3.05, 3.63) is 12.2 Å². The first kappa shape index (κ1) is 50.6. The van der Waals surface area contributed by atoms with E-state index in [0.29, 0.717) is 12.8 Å². The molecule has 6 N–H and O–H groups in total. The maximum Gasteiger partial charge on any atom is 0.472 e. The smallest absolute Gasteiger partial charge is 0.462 e. The first-order valence-electron chi connectivity index (χ1n) is 21.0. The molecule has 1 fully saturated rings. The number of phosphoric ester groups is 1. The Morgan fingerprint density at radius 3 is 1.41 bits per heavy atom. The second-order valence-electron chi connectivity index (χ2n) is 14.8. The van der Waals surface area contributed by atoms with Gasteiger partial charge in [-0.05, 0) is 38.5 Å². The van der Waals surface area contributed by atoms with Crippen molar-refractivity contribution in [3.8, 4) is 0 Å². The minimum Gasteiger partial charge on any atom is -0.462 e. The third-order valence-corrected chi connectivity index (χ3v) is 10.8. The monoisotopic (exact) mass is 794 g/mol. The summed E-state index contributed by atoms with van der Waals surface area (Å²) in [6, 6.07) is 0. The molecule has 1 aliphatic carbocycles. The van der Waals surface area contributed by atoms with E-state index in [4.69, 9.17) is 18.5 Å². The lowest BCUT2D eigenvalue weighted by Gasteiger charge is -2.41. The number of aliphatic hydroxyl groups excluding tert-OH is 5. The average molecular weight is 795 g/mol. The van der Waals surface area contributed by atoms with Crippen molar-refractivity contribution in [1.29, 1.82) is 0 Å². The van der Waals surface area contributed by atoms with Crippen LogP contribution in [0.4, 0.5) is 0 Å². The van der Waals surface area contributed by atoms with E-state index in [9.17, 15) is 44.6 Å². The van der Waals surface area contributed by atoms with Crippen LogP contribution in [0.25, 0.3) is 0 Å². The fourth-order valence-corrected chi connectivity index (χ4v) is 7.37. The quantitative estimate of drug-likeness (QED) is 0.0166. The van der Waals surface area contributed by atoms with Gasteiger partial charge >= 0.3 is 19.8 Å². The highest BCUT2D eigenvalue weighted by molar-refractivity contribution is 7.47. The minimum absolute atomic E-state index is 0.0994. The van der Waals surface area contributed by atoms with Crippen molar-refractivity contribution in [3.63, 3.8) is 0 Å². The number of carbonyl (C=O) groups is 2. The predicted molar refractivity (Wildman–Crippen MR) is 207 cm³/mol. The standard InChI is InChI=1S/C40H75O13P/c1-3-5-7-9-11-13-15-16-17-19-20-22-24-26-28-33(41)50-30-32(52-34(42)29-27-25-23-21-18-14-12-10-8-6-4-2)31-51-54(48,49)53-40-38(46)36(44)35(43)37(45)39(40)47/h15-16,32,35-40,43-47H,3-14,17-31H2,1-2H3,(H,48,49)/b16-15-/t32-,35?,36-,37?,38?,39?,40?/m1/s1. The van der Waals surface area contributed by atoms with Crippen molar-refractivity contribution >= 4 is 19.8 Å². The molecule has 13 nitrogen and oxygen atoms in total. The number of ether oxygens (including phenoxy) is 2. The number of carbonyl (C=O) groups excluding carboxylic acids is 2. The lowest BCUT2D eigenvalue weighted by atomic mass is 9.85. The van der Waals surface area contributed by atoms with E-state index in [-0.39, 0.29) is 12.8 Å². The second-order valence-corrected chi connectivity index (χ2v) is 16.3. The van der Waals surface area contributed by atoms with Gasteiger partial charge in [-0.1, -0.05) is 135 Å². The van der Waals surface area contributed by atoms with Crippen LogP contribution in [-0.4, -0.2) is 98.3 Å². The van der Waals surface area contributed by atoms with Gasteiger partial charge in [-0.15, -0.1) is 0 Å². The largest absolute Gasteiger partial charge is 0.472 e. The molecular formula is C40H75O13P.